The normalized spacial score (nSPS) is 12.9. The van der Waals surface area contributed by atoms with Crippen molar-refractivity contribution in [1.29, 1.82) is 0 Å². The highest BCUT2D eigenvalue weighted by Gasteiger charge is 2.19. The molecule has 0 saturated carbocycles. The highest BCUT2D eigenvalue weighted by atomic mass is 15.0. The highest BCUT2D eigenvalue weighted by Crippen LogP contribution is 2.27. The summed E-state index contributed by atoms with van der Waals surface area (Å²) in [5.74, 6) is 0.703. The fourth-order valence-electron chi connectivity index (χ4n) is 3.03. The average Bonchev–Trinajstić information content (AvgIpc) is 2.48. The second kappa shape index (κ2) is 7.61. The second-order valence-corrected chi connectivity index (χ2v) is 7.62. The van der Waals surface area contributed by atoms with E-state index in [4.69, 9.17) is 5.73 Å². The standard InChI is InChI=1S/C21H31N3/c1-15(2)14-16(3)23-19-10-12-20(13-11-19)24-21(4,5)17-6-8-18(22)9-7-17/h6-13,15-16,23-24H,14,22H2,1-5H3. The predicted octanol–water partition coefficient (Wildman–Crippen LogP) is 5.46. The maximum atomic E-state index is 5.78. The molecule has 0 spiro atoms. The van der Waals surface area contributed by atoms with Crippen LogP contribution in [0, 0.1) is 5.92 Å². The molecule has 0 bridgehead atoms. The van der Waals surface area contributed by atoms with E-state index in [1.807, 2.05) is 12.1 Å². The van der Waals surface area contributed by atoms with Crippen LogP contribution in [0.4, 0.5) is 17.1 Å². The molecule has 4 N–H and O–H groups in total. The lowest BCUT2D eigenvalue weighted by molar-refractivity contribution is 0.540. The summed E-state index contributed by atoms with van der Waals surface area (Å²) >= 11 is 0. The van der Waals surface area contributed by atoms with Crippen molar-refractivity contribution >= 4 is 17.1 Å². The Morgan fingerprint density at radius 2 is 1.42 bits per heavy atom. The molecule has 0 aliphatic rings. The van der Waals surface area contributed by atoms with E-state index in [9.17, 15) is 0 Å². The van der Waals surface area contributed by atoms with Gasteiger partial charge in [-0.3, -0.25) is 0 Å². The molecule has 2 aromatic carbocycles. The Morgan fingerprint density at radius 3 is 1.96 bits per heavy atom. The first-order valence-electron chi connectivity index (χ1n) is 8.77. The summed E-state index contributed by atoms with van der Waals surface area (Å²) in [6, 6.07) is 17.1. The number of nitrogens with one attached hydrogen (secondary N) is 2. The molecule has 0 aromatic heterocycles. The predicted molar refractivity (Wildman–Crippen MR) is 106 cm³/mol. The molecule has 24 heavy (non-hydrogen) atoms. The molecule has 0 fully saturated rings. The summed E-state index contributed by atoms with van der Waals surface area (Å²) in [5.41, 5.74) is 9.90. The van der Waals surface area contributed by atoms with Crippen molar-refractivity contribution in [3.05, 3.63) is 54.1 Å². The minimum absolute atomic E-state index is 0.159. The number of rotatable bonds is 7. The summed E-state index contributed by atoms with van der Waals surface area (Å²) in [6.45, 7) is 11.1. The van der Waals surface area contributed by atoms with Gasteiger partial charge in [-0.05, 0) is 75.1 Å². The van der Waals surface area contributed by atoms with Gasteiger partial charge in [-0.1, -0.05) is 26.0 Å². The van der Waals surface area contributed by atoms with E-state index < -0.39 is 0 Å². The monoisotopic (exact) mass is 325 g/mol. The van der Waals surface area contributed by atoms with Crippen LogP contribution in [-0.2, 0) is 5.54 Å². The second-order valence-electron chi connectivity index (χ2n) is 7.62. The fourth-order valence-corrected chi connectivity index (χ4v) is 3.03. The minimum atomic E-state index is -0.159. The van der Waals surface area contributed by atoms with Gasteiger partial charge in [0, 0.05) is 23.1 Å². The van der Waals surface area contributed by atoms with E-state index in [1.165, 1.54) is 17.7 Å². The number of hydrogen-bond donors (Lipinski definition) is 3. The summed E-state index contributed by atoms with van der Waals surface area (Å²) in [4.78, 5) is 0. The summed E-state index contributed by atoms with van der Waals surface area (Å²) < 4.78 is 0. The molecule has 3 heteroatoms. The van der Waals surface area contributed by atoms with Gasteiger partial charge >= 0.3 is 0 Å². The molecule has 1 unspecified atom stereocenters. The Hall–Kier alpha value is -2.16. The number of hydrogen-bond acceptors (Lipinski definition) is 3. The topological polar surface area (TPSA) is 50.1 Å². The number of nitrogens with two attached hydrogens (primary N) is 1. The Kier molecular flexibility index (Phi) is 5.76. The van der Waals surface area contributed by atoms with Crippen LogP contribution in [0.2, 0.25) is 0 Å². The zero-order valence-electron chi connectivity index (χ0n) is 15.6. The van der Waals surface area contributed by atoms with Crippen LogP contribution in [0.1, 0.15) is 46.6 Å². The van der Waals surface area contributed by atoms with Gasteiger partial charge in [0.2, 0.25) is 0 Å². The van der Waals surface area contributed by atoms with E-state index in [-0.39, 0.29) is 5.54 Å². The third-order valence-corrected chi connectivity index (χ3v) is 4.21. The Balaban J connectivity index is 2.01. The molecule has 2 rings (SSSR count). The molecule has 0 aliphatic heterocycles. The molecule has 3 nitrogen and oxygen atoms in total. The van der Waals surface area contributed by atoms with Crippen LogP contribution in [0.5, 0.6) is 0 Å². The van der Waals surface area contributed by atoms with Crippen molar-refractivity contribution < 1.29 is 0 Å². The highest BCUT2D eigenvalue weighted by molar-refractivity contribution is 5.56. The van der Waals surface area contributed by atoms with Crippen LogP contribution >= 0.6 is 0 Å². The smallest absolute Gasteiger partial charge is 0.0569 e. The SMILES string of the molecule is CC(C)CC(C)Nc1ccc(NC(C)(C)c2ccc(N)cc2)cc1. The average molecular weight is 326 g/mol. The number of anilines is 3. The summed E-state index contributed by atoms with van der Waals surface area (Å²) in [6.07, 6.45) is 1.17. The minimum Gasteiger partial charge on any atom is -0.399 e. The Bertz CT molecular complexity index is 627. The van der Waals surface area contributed by atoms with Gasteiger partial charge in [-0.25, -0.2) is 0 Å². The summed E-state index contributed by atoms with van der Waals surface area (Å²) in [5, 5.41) is 7.16. The lowest BCUT2D eigenvalue weighted by atomic mass is 9.93. The fraction of sp³-hybridized carbons (Fsp3) is 0.429. The van der Waals surface area contributed by atoms with Gasteiger partial charge in [-0.15, -0.1) is 0 Å². The molecule has 0 aliphatic carbocycles. The van der Waals surface area contributed by atoms with Crippen LogP contribution < -0.4 is 16.4 Å². The molecule has 1 atom stereocenters. The van der Waals surface area contributed by atoms with Crippen LogP contribution in [0.25, 0.3) is 0 Å². The first kappa shape index (κ1) is 18.2. The van der Waals surface area contributed by atoms with Gasteiger partial charge in [0.15, 0.2) is 0 Å². The summed E-state index contributed by atoms with van der Waals surface area (Å²) in [7, 11) is 0. The molecule has 130 valence electrons. The van der Waals surface area contributed by atoms with Crippen molar-refractivity contribution in [2.24, 2.45) is 5.92 Å². The van der Waals surface area contributed by atoms with E-state index >= 15 is 0 Å². The molecular weight excluding hydrogens is 294 g/mol. The molecule has 2 aromatic rings. The third kappa shape index (κ3) is 5.19. The Labute approximate surface area is 146 Å². The van der Waals surface area contributed by atoms with Crippen molar-refractivity contribution in [2.75, 3.05) is 16.4 Å². The lowest BCUT2D eigenvalue weighted by Gasteiger charge is -2.28. The van der Waals surface area contributed by atoms with E-state index in [0.29, 0.717) is 12.0 Å². The molecule has 0 amide bonds. The number of benzene rings is 2. The van der Waals surface area contributed by atoms with Crippen molar-refractivity contribution in [3.8, 4) is 0 Å². The first-order valence-corrected chi connectivity index (χ1v) is 8.77. The largest absolute Gasteiger partial charge is 0.399 e. The molecule has 0 heterocycles. The quantitative estimate of drug-likeness (QED) is 0.592. The first-order chi connectivity index (χ1) is 11.3. The maximum Gasteiger partial charge on any atom is 0.0569 e. The lowest BCUT2D eigenvalue weighted by Crippen LogP contribution is -2.27. The van der Waals surface area contributed by atoms with Gasteiger partial charge < -0.3 is 16.4 Å². The zero-order valence-corrected chi connectivity index (χ0v) is 15.6. The zero-order chi connectivity index (χ0) is 17.7. The molecular formula is C21H31N3. The maximum absolute atomic E-state index is 5.78. The Morgan fingerprint density at radius 1 is 0.875 bits per heavy atom. The third-order valence-electron chi connectivity index (χ3n) is 4.21. The van der Waals surface area contributed by atoms with E-state index in [1.54, 1.807) is 0 Å². The number of nitrogen functional groups attached to an aromatic ring is 1. The van der Waals surface area contributed by atoms with Crippen LogP contribution in [0.15, 0.2) is 48.5 Å². The van der Waals surface area contributed by atoms with Gasteiger partial charge in [0.1, 0.15) is 0 Å². The van der Waals surface area contributed by atoms with Crippen molar-refractivity contribution in [3.63, 3.8) is 0 Å². The van der Waals surface area contributed by atoms with Gasteiger partial charge in [0.25, 0.3) is 0 Å². The van der Waals surface area contributed by atoms with E-state index in [2.05, 4.69) is 81.7 Å². The van der Waals surface area contributed by atoms with Crippen molar-refractivity contribution in [2.45, 2.75) is 52.6 Å². The molecule has 0 saturated heterocycles. The van der Waals surface area contributed by atoms with Crippen LogP contribution in [0.3, 0.4) is 0 Å². The van der Waals surface area contributed by atoms with Gasteiger partial charge in [-0.2, -0.15) is 0 Å². The van der Waals surface area contributed by atoms with Crippen LogP contribution in [-0.4, -0.2) is 6.04 Å². The van der Waals surface area contributed by atoms with E-state index in [0.717, 1.165) is 11.4 Å². The van der Waals surface area contributed by atoms with Gasteiger partial charge in [0.05, 0.1) is 5.54 Å². The molecule has 0 radical (unpaired) electrons. The van der Waals surface area contributed by atoms with Crippen molar-refractivity contribution in [1.82, 2.24) is 0 Å².